The molecule has 0 spiro atoms. The molecule has 8 nitrogen and oxygen atoms in total. The highest BCUT2D eigenvalue weighted by Gasteiger charge is 2.10. The Morgan fingerprint density at radius 1 is 1.29 bits per heavy atom. The van der Waals surface area contributed by atoms with E-state index in [0.717, 1.165) is 0 Å². The average molecular weight is 330 g/mol. The van der Waals surface area contributed by atoms with E-state index in [0.29, 0.717) is 22.8 Å². The maximum absolute atomic E-state index is 11.3. The lowest BCUT2D eigenvalue weighted by Crippen LogP contribution is -2.24. The van der Waals surface area contributed by atoms with Crippen molar-refractivity contribution in [3.05, 3.63) is 47.1 Å². The summed E-state index contributed by atoms with van der Waals surface area (Å²) < 4.78 is 10.7. The highest BCUT2D eigenvalue weighted by atomic mass is 16.5. The number of benzene rings is 1. The van der Waals surface area contributed by atoms with Crippen molar-refractivity contribution in [2.75, 3.05) is 12.4 Å². The zero-order valence-corrected chi connectivity index (χ0v) is 13.5. The number of carbonyl (C=O) groups excluding carboxylic acids is 1. The topological polar surface area (TPSA) is 109 Å². The predicted molar refractivity (Wildman–Crippen MR) is 90.6 cm³/mol. The van der Waals surface area contributed by atoms with Gasteiger partial charge < -0.3 is 19.8 Å². The second kappa shape index (κ2) is 7.82. The third-order valence-electron chi connectivity index (χ3n) is 2.83. The van der Waals surface area contributed by atoms with Crippen molar-refractivity contribution in [1.29, 1.82) is 0 Å². The molecule has 3 rings (SSSR count). The van der Waals surface area contributed by atoms with Crippen molar-refractivity contribution >= 4 is 22.9 Å². The molecule has 0 aliphatic carbocycles. The minimum absolute atomic E-state index is 0.233. The number of carbonyl (C=O) groups is 1. The van der Waals surface area contributed by atoms with Crippen LogP contribution in [-0.2, 0) is 0 Å². The summed E-state index contributed by atoms with van der Waals surface area (Å²) in [5.41, 5.74) is 1.11. The highest BCUT2D eigenvalue weighted by Crippen LogP contribution is 2.28. The van der Waals surface area contributed by atoms with E-state index in [4.69, 9.17) is 9.15 Å². The smallest absolute Gasteiger partial charge is 0.418 e. The summed E-state index contributed by atoms with van der Waals surface area (Å²) in [5, 5.41) is 5.09. The molecule has 0 fully saturated rings. The average Bonchev–Trinajstić information content (AvgIpc) is 2.98. The van der Waals surface area contributed by atoms with Gasteiger partial charge in [0.1, 0.15) is 5.75 Å². The van der Waals surface area contributed by atoms with Crippen molar-refractivity contribution in [2.24, 2.45) is 0 Å². The van der Waals surface area contributed by atoms with Crippen LogP contribution in [0, 0.1) is 0 Å². The standard InChI is InChI=1S/C14H12N4O4.C2H6/c1-15-13(19)17-8-3-2-4-9(7-8)21-10-5-6-16-12-11(10)22-14(20)18-12;1-2/h2-7H,1H3,(H2,15,17,19)(H,16,18,20);1-2H3. The molecule has 0 aliphatic heterocycles. The molecular weight excluding hydrogens is 312 g/mol. The molecule has 0 atom stereocenters. The van der Waals surface area contributed by atoms with Gasteiger partial charge in [0.15, 0.2) is 11.4 Å². The van der Waals surface area contributed by atoms with Crippen LogP contribution >= 0.6 is 0 Å². The Labute approximate surface area is 137 Å². The third-order valence-corrected chi connectivity index (χ3v) is 2.83. The fourth-order valence-corrected chi connectivity index (χ4v) is 1.87. The summed E-state index contributed by atoms with van der Waals surface area (Å²) >= 11 is 0. The number of rotatable bonds is 3. The SMILES string of the molecule is CC.CNC(=O)Nc1cccc(Oc2ccnc3[nH]c(=O)oc23)c1. The van der Waals surface area contributed by atoms with E-state index in [1.54, 1.807) is 30.3 Å². The van der Waals surface area contributed by atoms with Gasteiger partial charge in [-0.05, 0) is 12.1 Å². The normalized spacial score (nSPS) is 9.79. The first-order valence-corrected chi connectivity index (χ1v) is 7.40. The van der Waals surface area contributed by atoms with Crippen LogP contribution in [0.3, 0.4) is 0 Å². The molecule has 3 aromatic rings. The molecule has 1 aromatic carbocycles. The number of aromatic amines is 1. The molecule has 0 bridgehead atoms. The van der Waals surface area contributed by atoms with E-state index in [1.165, 1.54) is 13.2 Å². The van der Waals surface area contributed by atoms with Crippen molar-refractivity contribution in [1.82, 2.24) is 15.3 Å². The third kappa shape index (κ3) is 3.92. The summed E-state index contributed by atoms with van der Waals surface area (Å²) in [5.74, 6) is 0.222. The Morgan fingerprint density at radius 2 is 2.08 bits per heavy atom. The van der Waals surface area contributed by atoms with E-state index in [9.17, 15) is 9.59 Å². The summed E-state index contributed by atoms with van der Waals surface area (Å²) in [6.45, 7) is 4.00. The lowest BCUT2D eigenvalue weighted by atomic mass is 10.3. The van der Waals surface area contributed by atoms with Gasteiger partial charge in [-0.2, -0.15) is 0 Å². The number of amides is 2. The molecule has 0 aliphatic rings. The van der Waals surface area contributed by atoms with E-state index >= 15 is 0 Å². The van der Waals surface area contributed by atoms with Crippen LogP contribution in [-0.4, -0.2) is 23.0 Å². The highest BCUT2D eigenvalue weighted by molar-refractivity contribution is 5.89. The van der Waals surface area contributed by atoms with Gasteiger partial charge in [-0.15, -0.1) is 0 Å². The Bertz CT molecular complexity index is 885. The minimum Gasteiger partial charge on any atom is -0.453 e. The quantitative estimate of drug-likeness (QED) is 0.683. The summed E-state index contributed by atoms with van der Waals surface area (Å²) in [6.07, 6.45) is 1.50. The first-order valence-electron chi connectivity index (χ1n) is 7.40. The molecule has 0 radical (unpaired) electrons. The number of nitrogens with one attached hydrogen (secondary N) is 3. The van der Waals surface area contributed by atoms with E-state index in [1.807, 2.05) is 13.8 Å². The Morgan fingerprint density at radius 3 is 2.83 bits per heavy atom. The fraction of sp³-hybridized carbons (Fsp3) is 0.188. The molecule has 3 N–H and O–H groups in total. The zero-order valence-electron chi connectivity index (χ0n) is 13.5. The summed E-state index contributed by atoms with van der Waals surface area (Å²) in [6, 6.07) is 8.06. The molecule has 8 heteroatoms. The van der Waals surface area contributed by atoms with Gasteiger partial charge in [0, 0.05) is 31.1 Å². The van der Waals surface area contributed by atoms with Crippen molar-refractivity contribution < 1.29 is 13.9 Å². The number of H-pyrrole nitrogens is 1. The van der Waals surface area contributed by atoms with Crippen molar-refractivity contribution in [2.45, 2.75) is 13.8 Å². The number of aromatic nitrogens is 2. The number of hydrogen-bond donors (Lipinski definition) is 3. The predicted octanol–water partition coefficient (Wildman–Crippen LogP) is 3.09. The molecule has 2 heterocycles. The van der Waals surface area contributed by atoms with Crippen molar-refractivity contribution in [3.8, 4) is 11.5 Å². The van der Waals surface area contributed by atoms with Gasteiger partial charge in [0.2, 0.25) is 5.58 Å². The zero-order chi connectivity index (χ0) is 17.5. The number of pyridine rings is 1. The number of anilines is 1. The minimum atomic E-state index is -0.603. The van der Waals surface area contributed by atoms with Crippen LogP contribution in [0.15, 0.2) is 45.7 Å². The van der Waals surface area contributed by atoms with Crippen LogP contribution in [0.5, 0.6) is 11.5 Å². The van der Waals surface area contributed by atoms with Gasteiger partial charge in [-0.25, -0.2) is 14.6 Å². The molecule has 0 saturated carbocycles. The lowest BCUT2D eigenvalue weighted by molar-refractivity contribution is 0.254. The Hall–Kier alpha value is -3.29. The van der Waals surface area contributed by atoms with Crippen LogP contribution in [0.1, 0.15) is 13.8 Å². The van der Waals surface area contributed by atoms with E-state index < -0.39 is 5.76 Å². The molecule has 2 aromatic heterocycles. The number of fused-ring (bicyclic) bond motifs is 1. The van der Waals surface area contributed by atoms with Gasteiger partial charge in [-0.1, -0.05) is 19.9 Å². The largest absolute Gasteiger partial charge is 0.453 e. The molecule has 0 saturated heterocycles. The summed E-state index contributed by atoms with van der Waals surface area (Å²) in [4.78, 5) is 29.0. The number of oxazole rings is 1. The maximum atomic E-state index is 11.3. The van der Waals surface area contributed by atoms with Gasteiger partial charge in [0.05, 0.1) is 0 Å². The second-order valence-corrected chi connectivity index (χ2v) is 4.34. The first-order chi connectivity index (χ1) is 11.7. The second-order valence-electron chi connectivity index (χ2n) is 4.34. The monoisotopic (exact) mass is 330 g/mol. The van der Waals surface area contributed by atoms with Gasteiger partial charge in [-0.3, -0.25) is 4.98 Å². The molecular formula is C16H18N4O4. The molecule has 126 valence electrons. The fourth-order valence-electron chi connectivity index (χ4n) is 1.87. The number of hydrogen-bond acceptors (Lipinski definition) is 5. The van der Waals surface area contributed by atoms with Gasteiger partial charge >= 0.3 is 11.8 Å². The maximum Gasteiger partial charge on any atom is 0.418 e. The van der Waals surface area contributed by atoms with E-state index in [2.05, 4.69) is 20.6 Å². The van der Waals surface area contributed by atoms with Crippen LogP contribution in [0.4, 0.5) is 10.5 Å². The van der Waals surface area contributed by atoms with Crippen molar-refractivity contribution in [3.63, 3.8) is 0 Å². The van der Waals surface area contributed by atoms with Gasteiger partial charge in [0.25, 0.3) is 0 Å². The number of urea groups is 1. The molecule has 24 heavy (non-hydrogen) atoms. The molecule has 0 unspecified atom stereocenters. The Kier molecular flexibility index (Phi) is 5.56. The van der Waals surface area contributed by atoms with Crippen LogP contribution in [0.2, 0.25) is 0 Å². The molecule has 2 amide bonds. The first kappa shape index (κ1) is 17.1. The number of nitrogens with zero attached hydrogens (tertiary/aromatic N) is 1. The van der Waals surface area contributed by atoms with Crippen LogP contribution < -0.4 is 21.1 Å². The number of ether oxygens (including phenoxy) is 1. The summed E-state index contributed by atoms with van der Waals surface area (Å²) in [7, 11) is 1.53. The van der Waals surface area contributed by atoms with E-state index in [-0.39, 0.29) is 11.6 Å². The lowest BCUT2D eigenvalue weighted by Gasteiger charge is -2.08. The Balaban J connectivity index is 0.00000100. The van der Waals surface area contributed by atoms with Crippen LogP contribution in [0.25, 0.3) is 11.2 Å².